The van der Waals surface area contributed by atoms with Gasteiger partial charge in [-0.1, -0.05) is 28.1 Å². The Morgan fingerprint density at radius 1 is 1.20 bits per heavy atom. The van der Waals surface area contributed by atoms with Crippen LogP contribution in [-0.4, -0.2) is 32.5 Å². The number of aromatic amines is 1. The third kappa shape index (κ3) is 3.78. The van der Waals surface area contributed by atoms with Crippen molar-refractivity contribution < 1.29 is 9.21 Å². The number of halogens is 1. The molecule has 1 saturated carbocycles. The number of rotatable bonds is 5. The van der Waals surface area contributed by atoms with Gasteiger partial charge in [-0.25, -0.2) is 0 Å². The zero-order chi connectivity index (χ0) is 20.8. The monoisotopic (exact) mass is 503 g/mol. The molecule has 3 aromatic rings. The van der Waals surface area contributed by atoms with Gasteiger partial charge >= 0.3 is 0 Å². The zero-order valence-electron chi connectivity index (χ0n) is 16.8. The van der Waals surface area contributed by atoms with Crippen LogP contribution in [0.5, 0.6) is 0 Å². The Hall–Kier alpha value is -1.51. The summed E-state index contributed by atoms with van der Waals surface area (Å²) >= 11 is 7.34. The molecule has 1 N–H and O–H groups in total. The van der Waals surface area contributed by atoms with Crippen molar-refractivity contribution in [3.05, 3.63) is 56.5 Å². The number of benzene rings is 1. The lowest BCUT2D eigenvalue weighted by Crippen LogP contribution is -2.09. The van der Waals surface area contributed by atoms with Gasteiger partial charge in [0.05, 0.1) is 10.3 Å². The van der Waals surface area contributed by atoms with Crippen molar-refractivity contribution in [1.29, 1.82) is 0 Å². The van der Waals surface area contributed by atoms with Crippen molar-refractivity contribution in [2.75, 3.05) is 11.5 Å². The van der Waals surface area contributed by atoms with E-state index < -0.39 is 0 Å². The van der Waals surface area contributed by atoms with Gasteiger partial charge in [0, 0.05) is 21.5 Å². The largest absolute Gasteiger partial charge is 0.419 e. The first-order valence-corrected chi connectivity index (χ1v) is 13.0. The summed E-state index contributed by atoms with van der Waals surface area (Å²) in [5.74, 6) is 3.81. The first-order chi connectivity index (χ1) is 14.5. The maximum Gasteiger partial charge on any atom is 0.264 e. The zero-order valence-corrected chi connectivity index (χ0v) is 20.0. The van der Waals surface area contributed by atoms with Crippen molar-refractivity contribution in [3.8, 4) is 11.6 Å². The second kappa shape index (κ2) is 8.20. The average Bonchev–Trinajstić information content (AvgIpc) is 3.39. The minimum absolute atomic E-state index is 0.0272. The summed E-state index contributed by atoms with van der Waals surface area (Å²) in [4.78, 5) is 17.2. The van der Waals surface area contributed by atoms with Crippen LogP contribution in [-0.2, 0) is 0 Å². The van der Waals surface area contributed by atoms with Gasteiger partial charge in [0.1, 0.15) is 5.69 Å². The maximum atomic E-state index is 13.6. The summed E-state index contributed by atoms with van der Waals surface area (Å²) in [6.07, 6.45) is 3.41. The van der Waals surface area contributed by atoms with E-state index in [1.54, 1.807) is 0 Å². The number of ketones is 1. The number of thioether (sulfide) groups is 2. The van der Waals surface area contributed by atoms with Crippen LogP contribution in [0.4, 0.5) is 0 Å². The number of H-pyrrole nitrogens is 1. The second-order valence-corrected chi connectivity index (χ2v) is 11.4. The topological polar surface area (TPSA) is 71.8 Å². The van der Waals surface area contributed by atoms with Crippen LogP contribution in [0.1, 0.15) is 68.4 Å². The Labute approximate surface area is 192 Å². The minimum Gasteiger partial charge on any atom is -0.419 e. The molecule has 0 bridgehead atoms. The molecular formula is C22H22BrN3O2S2. The van der Waals surface area contributed by atoms with Gasteiger partial charge in [0.15, 0.2) is 5.78 Å². The minimum atomic E-state index is 0.0272. The van der Waals surface area contributed by atoms with E-state index in [-0.39, 0.29) is 10.4 Å². The number of nitrogens with zero attached hydrogens (tertiary/aromatic N) is 2. The standard InChI is InChI=1S/C22H22BrN3O2S2/c1-11-4-5-14(10-15(11)23)19(27)16-12(2)17(21-26-25-20(28-21)13-6-7-13)24-18(16)22-29-8-3-9-30-22/h4-5,10,13,22,24H,3,6-9H2,1-2H3. The summed E-state index contributed by atoms with van der Waals surface area (Å²) in [6, 6.07) is 5.79. The predicted octanol–water partition coefficient (Wildman–Crippen LogP) is 6.42. The molecule has 1 aliphatic carbocycles. The molecule has 5 rings (SSSR count). The van der Waals surface area contributed by atoms with Gasteiger partial charge in [-0.3, -0.25) is 4.79 Å². The Balaban J connectivity index is 1.60. The molecule has 5 nitrogen and oxygen atoms in total. The molecule has 0 spiro atoms. The van der Waals surface area contributed by atoms with Gasteiger partial charge in [-0.15, -0.1) is 33.7 Å². The average molecular weight is 504 g/mol. The van der Waals surface area contributed by atoms with Crippen LogP contribution in [0.3, 0.4) is 0 Å². The van der Waals surface area contributed by atoms with E-state index in [0.717, 1.165) is 56.9 Å². The number of aromatic nitrogens is 3. The molecule has 0 atom stereocenters. The normalized spacial score (nSPS) is 17.4. The summed E-state index contributed by atoms with van der Waals surface area (Å²) < 4.78 is 7.10. The number of nitrogens with one attached hydrogen (secondary N) is 1. The lowest BCUT2D eigenvalue weighted by molar-refractivity contribution is 0.103. The highest BCUT2D eigenvalue weighted by molar-refractivity contribution is 9.10. The molecule has 1 aliphatic heterocycles. The smallest absolute Gasteiger partial charge is 0.264 e. The second-order valence-electron chi connectivity index (χ2n) is 7.85. The molecule has 156 valence electrons. The van der Waals surface area contributed by atoms with Crippen molar-refractivity contribution in [1.82, 2.24) is 15.2 Å². The molecule has 2 aliphatic rings. The summed E-state index contributed by atoms with van der Waals surface area (Å²) in [5, 5.41) is 8.52. The fourth-order valence-electron chi connectivity index (χ4n) is 3.66. The number of hydrogen-bond donors (Lipinski definition) is 1. The van der Waals surface area contributed by atoms with Gasteiger partial charge in [-0.05, 0) is 61.8 Å². The van der Waals surface area contributed by atoms with E-state index in [1.807, 2.05) is 55.6 Å². The number of carbonyl (C=O) groups excluding carboxylic acids is 1. The number of hydrogen-bond acceptors (Lipinski definition) is 6. The molecule has 0 amide bonds. The lowest BCUT2D eigenvalue weighted by Gasteiger charge is -2.21. The van der Waals surface area contributed by atoms with E-state index in [2.05, 4.69) is 31.1 Å². The van der Waals surface area contributed by atoms with E-state index in [4.69, 9.17) is 4.42 Å². The van der Waals surface area contributed by atoms with E-state index >= 15 is 0 Å². The van der Waals surface area contributed by atoms with Crippen LogP contribution in [0, 0.1) is 13.8 Å². The van der Waals surface area contributed by atoms with Gasteiger partial charge < -0.3 is 9.40 Å². The first-order valence-electron chi connectivity index (χ1n) is 10.1. The predicted molar refractivity (Wildman–Crippen MR) is 125 cm³/mol. The van der Waals surface area contributed by atoms with Crippen molar-refractivity contribution in [3.63, 3.8) is 0 Å². The molecule has 2 aromatic heterocycles. The van der Waals surface area contributed by atoms with Crippen molar-refractivity contribution in [2.24, 2.45) is 0 Å². The molecule has 0 unspecified atom stereocenters. The van der Waals surface area contributed by atoms with E-state index in [0.29, 0.717) is 23.3 Å². The van der Waals surface area contributed by atoms with Crippen molar-refractivity contribution in [2.45, 2.75) is 43.6 Å². The van der Waals surface area contributed by atoms with Crippen LogP contribution < -0.4 is 0 Å². The highest BCUT2D eigenvalue weighted by atomic mass is 79.9. The fraction of sp³-hybridized carbons (Fsp3) is 0.409. The van der Waals surface area contributed by atoms with Crippen molar-refractivity contribution >= 4 is 45.2 Å². The quantitative estimate of drug-likeness (QED) is 0.404. The van der Waals surface area contributed by atoms with Gasteiger partial charge in [-0.2, -0.15) is 0 Å². The van der Waals surface area contributed by atoms with E-state index in [1.165, 1.54) is 6.42 Å². The number of aryl methyl sites for hydroxylation is 1. The van der Waals surface area contributed by atoms with Crippen LogP contribution in [0.2, 0.25) is 0 Å². The third-order valence-corrected chi connectivity index (χ3v) is 9.38. The summed E-state index contributed by atoms with van der Waals surface area (Å²) in [7, 11) is 0. The highest BCUT2D eigenvalue weighted by Gasteiger charge is 2.33. The molecule has 0 radical (unpaired) electrons. The van der Waals surface area contributed by atoms with E-state index in [9.17, 15) is 4.79 Å². The fourth-order valence-corrected chi connectivity index (χ4v) is 6.93. The molecule has 1 aromatic carbocycles. The van der Waals surface area contributed by atoms with Crippen LogP contribution in [0.15, 0.2) is 27.1 Å². The molecule has 3 heterocycles. The Bertz CT molecular complexity index is 1110. The SMILES string of the molecule is Cc1ccc(C(=O)c2c(C3SCCCS3)[nH]c(-c3nnc(C4CC4)o3)c2C)cc1Br. The third-order valence-electron chi connectivity index (χ3n) is 5.58. The summed E-state index contributed by atoms with van der Waals surface area (Å²) in [5.41, 5.74) is 5.13. The molecule has 30 heavy (non-hydrogen) atoms. The molecule has 8 heteroatoms. The number of carbonyl (C=O) groups is 1. The first kappa shape index (κ1) is 20.4. The Kier molecular flexibility index (Phi) is 5.58. The molecular weight excluding hydrogens is 482 g/mol. The Morgan fingerprint density at radius 2 is 1.97 bits per heavy atom. The summed E-state index contributed by atoms with van der Waals surface area (Å²) in [6.45, 7) is 4.00. The molecule has 1 saturated heterocycles. The molecule has 2 fully saturated rings. The lowest BCUT2D eigenvalue weighted by atomic mass is 9.99. The van der Waals surface area contributed by atoms with Crippen LogP contribution >= 0.6 is 39.5 Å². The van der Waals surface area contributed by atoms with Crippen LogP contribution in [0.25, 0.3) is 11.6 Å². The Morgan fingerprint density at radius 3 is 2.67 bits per heavy atom. The van der Waals surface area contributed by atoms with Gasteiger partial charge in [0.25, 0.3) is 5.89 Å². The maximum absolute atomic E-state index is 13.6. The van der Waals surface area contributed by atoms with Gasteiger partial charge in [0.2, 0.25) is 5.89 Å². The highest BCUT2D eigenvalue weighted by Crippen LogP contribution is 2.47.